The first kappa shape index (κ1) is 25.5. The molecule has 9 heteroatoms. The molecule has 1 N–H and O–H groups in total. The van der Waals surface area contributed by atoms with Gasteiger partial charge in [-0.1, -0.05) is 13.3 Å². The Morgan fingerprint density at radius 3 is 2.37 bits per heavy atom. The molecule has 4 heterocycles. The largest absolute Gasteiger partial charge is 0.463 e. The quantitative estimate of drug-likeness (QED) is 0.307. The van der Waals surface area contributed by atoms with Crippen LogP contribution in [0.2, 0.25) is 0 Å². The lowest BCUT2D eigenvalue weighted by molar-refractivity contribution is -0.136. The second-order valence-corrected chi connectivity index (χ2v) is 9.57. The van der Waals surface area contributed by atoms with Crippen LogP contribution in [0.15, 0.2) is 63.8 Å². The SMILES string of the molecule is CCCCN(CC)C(=O)C1CCCN(C(=O)Nc2ccc3nc(-c4ccco4)c(-c4ccco4)nc3c2)C1. The predicted molar refractivity (Wildman–Crippen MR) is 145 cm³/mol. The fourth-order valence-electron chi connectivity index (χ4n) is 4.90. The van der Waals surface area contributed by atoms with E-state index < -0.39 is 0 Å². The lowest BCUT2D eigenvalue weighted by Crippen LogP contribution is -2.48. The Morgan fingerprint density at radius 2 is 1.74 bits per heavy atom. The first-order valence-corrected chi connectivity index (χ1v) is 13.3. The minimum atomic E-state index is -0.218. The van der Waals surface area contributed by atoms with Gasteiger partial charge in [-0.25, -0.2) is 14.8 Å². The molecule has 1 aliphatic heterocycles. The maximum absolute atomic E-state index is 13.2. The zero-order valence-electron chi connectivity index (χ0n) is 21.9. The molecule has 1 saturated heterocycles. The molecule has 0 radical (unpaired) electrons. The van der Waals surface area contributed by atoms with E-state index in [1.165, 1.54) is 0 Å². The highest BCUT2D eigenvalue weighted by Crippen LogP contribution is 2.32. The van der Waals surface area contributed by atoms with Crippen LogP contribution in [-0.2, 0) is 4.79 Å². The molecule has 38 heavy (non-hydrogen) atoms. The van der Waals surface area contributed by atoms with Crippen molar-refractivity contribution >= 4 is 28.7 Å². The molecule has 1 aromatic carbocycles. The average Bonchev–Trinajstić information content (AvgIpc) is 3.68. The Bertz CT molecular complexity index is 1380. The van der Waals surface area contributed by atoms with Crippen LogP contribution in [0.4, 0.5) is 10.5 Å². The number of carbonyl (C=O) groups is 2. The molecule has 0 saturated carbocycles. The van der Waals surface area contributed by atoms with Crippen molar-refractivity contribution in [3.63, 3.8) is 0 Å². The third-order valence-electron chi connectivity index (χ3n) is 6.96. The highest BCUT2D eigenvalue weighted by molar-refractivity contribution is 5.93. The van der Waals surface area contributed by atoms with Crippen molar-refractivity contribution in [2.75, 3.05) is 31.5 Å². The smallest absolute Gasteiger partial charge is 0.321 e. The molecule has 5 rings (SSSR count). The number of nitrogens with one attached hydrogen (secondary N) is 1. The molecule has 0 bridgehead atoms. The molecule has 3 aromatic heterocycles. The van der Waals surface area contributed by atoms with Crippen LogP contribution in [0.1, 0.15) is 39.5 Å². The van der Waals surface area contributed by atoms with E-state index in [-0.39, 0.29) is 17.9 Å². The van der Waals surface area contributed by atoms with Crippen molar-refractivity contribution in [3.8, 4) is 22.9 Å². The van der Waals surface area contributed by atoms with E-state index in [1.54, 1.807) is 35.6 Å². The highest BCUT2D eigenvalue weighted by atomic mass is 16.3. The standard InChI is InChI=1S/C29H33N5O4/c1-3-5-14-33(4-2)28(35)20-9-6-15-34(19-20)29(36)30-21-12-13-22-23(18-21)32-27(25-11-8-17-38-25)26(31-22)24-10-7-16-37-24/h7-8,10-13,16-18,20H,3-6,9,14-15,19H2,1-2H3,(H,30,36). The van der Waals surface area contributed by atoms with Crippen molar-refractivity contribution in [1.29, 1.82) is 0 Å². The molecule has 1 fully saturated rings. The number of aromatic nitrogens is 2. The predicted octanol–water partition coefficient (Wildman–Crippen LogP) is 6.04. The molecular weight excluding hydrogens is 482 g/mol. The molecule has 198 valence electrons. The molecule has 0 aliphatic carbocycles. The number of rotatable bonds is 8. The van der Waals surface area contributed by atoms with E-state index in [2.05, 4.69) is 12.2 Å². The number of unbranched alkanes of at least 4 members (excludes halogenated alkanes) is 1. The Labute approximate surface area is 221 Å². The summed E-state index contributed by atoms with van der Waals surface area (Å²) in [5.74, 6) is 1.15. The lowest BCUT2D eigenvalue weighted by Gasteiger charge is -2.34. The summed E-state index contributed by atoms with van der Waals surface area (Å²) in [4.78, 5) is 39.5. The third kappa shape index (κ3) is 5.41. The van der Waals surface area contributed by atoms with Gasteiger partial charge in [0.2, 0.25) is 5.91 Å². The van der Waals surface area contributed by atoms with E-state index in [4.69, 9.17) is 18.8 Å². The second kappa shape index (κ2) is 11.5. The van der Waals surface area contributed by atoms with Crippen LogP contribution in [-0.4, -0.2) is 57.9 Å². The number of carbonyl (C=O) groups excluding carboxylic acids is 2. The number of furan rings is 2. The fourth-order valence-corrected chi connectivity index (χ4v) is 4.90. The van der Waals surface area contributed by atoms with Gasteiger partial charge in [-0.05, 0) is 68.7 Å². The summed E-state index contributed by atoms with van der Waals surface area (Å²) in [6.07, 6.45) is 6.84. The van der Waals surface area contributed by atoms with Gasteiger partial charge >= 0.3 is 6.03 Å². The van der Waals surface area contributed by atoms with Gasteiger partial charge in [0.05, 0.1) is 29.5 Å². The first-order valence-electron chi connectivity index (χ1n) is 13.3. The molecule has 4 aromatic rings. The van der Waals surface area contributed by atoms with Gasteiger partial charge in [-0.2, -0.15) is 0 Å². The summed E-state index contributed by atoms with van der Waals surface area (Å²) < 4.78 is 11.2. The Balaban J connectivity index is 1.34. The molecule has 9 nitrogen and oxygen atoms in total. The van der Waals surface area contributed by atoms with Gasteiger partial charge in [0.25, 0.3) is 0 Å². The number of likely N-dealkylation sites (tertiary alicyclic amines) is 1. The van der Waals surface area contributed by atoms with Gasteiger partial charge in [-0.3, -0.25) is 4.79 Å². The van der Waals surface area contributed by atoms with Gasteiger partial charge in [0, 0.05) is 31.9 Å². The van der Waals surface area contributed by atoms with Gasteiger partial charge in [0.1, 0.15) is 11.4 Å². The van der Waals surface area contributed by atoms with E-state index in [0.29, 0.717) is 59.3 Å². The zero-order valence-corrected chi connectivity index (χ0v) is 21.9. The average molecular weight is 516 g/mol. The number of hydrogen-bond donors (Lipinski definition) is 1. The van der Waals surface area contributed by atoms with Crippen LogP contribution in [0.25, 0.3) is 33.9 Å². The second-order valence-electron chi connectivity index (χ2n) is 9.57. The van der Waals surface area contributed by atoms with E-state index in [1.807, 2.05) is 36.1 Å². The van der Waals surface area contributed by atoms with E-state index in [0.717, 1.165) is 32.2 Å². The Kier molecular flexibility index (Phi) is 7.72. The van der Waals surface area contributed by atoms with Crippen LogP contribution < -0.4 is 5.32 Å². The van der Waals surface area contributed by atoms with Crippen molar-refractivity contribution in [2.45, 2.75) is 39.5 Å². The van der Waals surface area contributed by atoms with Gasteiger partial charge in [-0.15, -0.1) is 0 Å². The molecule has 1 unspecified atom stereocenters. The Hall–Kier alpha value is -4.14. The van der Waals surface area contributed by atoms with Crippen LogP contribution in [0, 0.1) is 5.92 Å². The zero-order chi connectivity index (χ0) is 26.5. The number of fused-ring (bicyclic) bond motifs is 1. The maximum atomic E-state index is 13.2. The lowest BCUT2D eigenvalue weighted by atomic mass is 9.96. The summed E-state index contributed by atoms with van der Waals surface area (Å²) in [5.41, 5.74) is 3.03. The number of amides is 3. The normalized spacial score (nSPS) is 15.5. The third-order valence-corrected chi connectivity index (χ3v) is 6.96. The van der Waals surface area contributed by atoms with Crippen molar-refractivity contribution in [2.24, 2.45) is 5.92 Å². The first-order chi connectivity index (χ1) is 18.6. The number of piperidine rings is 1. The number of hydrogen-bond acceptors (Lipinski definition) is 6. The summed E-state index contributed by atoms with van der Waals surface area (Å²) >= 11 is 0. The highest BCUT2D eigenvalue weighted by Gasteiger charge is 2.31. The summed E-state index contributed by atoms with van der Waals surface area (Å²) in [7, 11) is 0. The molecular formula is C29H33N5O4. The monoisotopic (exact) mass is 515 g/mol. The minimum absolute atomic E-state index is 0.150. The van der Waals surface area contributed by atoms with Crippen molar-refractivity contribution in [1.82, 2.24) is 19.8 Å². The van der Waals surface area contributed by atoms with Gasteiger partial charge < -0.3 is 24.0 Å². The molecule has 1 atom stereocenters. The molecule has 1 aliphatic rings. The topological polar surface area (TPSA) is 105 Å². The van der Waals surface area contributed by atoms with Crippen molar-refractivity contribution < 1.29 is 18.4 Å². The van der Waals surface area contributed by atoms with Crippen molar-refractivity contribution in [3.05, 3.63) is 55.0 Å². The maximum Gasteiger partial charge on any atom is 0.321 e. The molecule has 0 spiro atoms. The van der Waals surface area contributed by atoms with Crippen LogP contribution >= 0.6 is 0 Å². The Morgan fingerprint density at radius 1 is 1.03 bits per heavy atom. The number of urea groups is 1. The summed E-state index contributed by atoms with van der Waals surface area (Å²) in [6, 6.07) is 12.5. The summed E-state index contributed by atoms with van der Waals surface area (Å²) in [6.45, 7) is 6.65. The van der Waals surface area contributed by atoms with E-state index >= 15 is 0 Å². The number of anilines is 1. The summed E-state index contributed by atoms with van der Waals surface area (Å²) in [5, 5.41) is 2.99. The van der Waals surface area contributed by atoms with Crippen LogP contribution in [0.5, 0.6) is 0 Å². The fraction of sp³-hybridized carbons (Fsp3) is 0.379. The number of benzene rings is 1. The molecule has 3 amide bonds. The van der Waals surface area contributed by atoms with Gasteiger partial charge in [0.15, 0.2) is 11.5 Å². The number of nitrogens with zero attached hydrogens (tertiary/aromatic N) is 4. The van der Waals surface area contributed by atoms with E-state index in [9.17, 15) is 9.59 Å². The van der Waals surface area contributed by atoms with Crippen LogP contribution in [0.3, 0.4) is 0 Å². The minimum Gasteiger partial charge on any atom is -0.463 e.